The first-order valence-corrected chi connectivity index (χ1v) is 8.06. The van der Waals surface area contributed by atoms with Crippen molar-refractivity contribution in [1.82, 2.24) is 15.2 Å². The summed E-state index contributed by atoms with van der Waals surface area (Å²) in [5.74, 6) is -0.412. The molecule has 0 aromatic carbocycles. The van der Waals surface area contributed by atoms with Crippen LogP contribution in [0.1, 0.15) is 48.8 Å². The molecule has 132 valence electrons. The van der Waals surface area contributed by atoms with Gasteiger partial charge < -0.3 is 19.9 Å². The Morgan fingerprint density at radius 3 is 2.58 bits per heavy atom. The highest BCUT2D eigenvalue weighted by molar-refractivity contribution is 5.95. The third kappa shape index (κ3) is 4.37. The number of amides is 2. The molecule has 0 spiro atoms. The van der Waals surface area contributed by atoms with Crippen LogP contribution in [0.2, 0.25) is 0 Å². The Labute approximate surface area is 141 Å². The number of ether oxygens (including phenoxy) is 1. The van der Waals surface area contributed by atoms with Crippen molar-refractivity contribution in [3.8, 4) is 0 Å². The average Bonchev–Trinajstić information content (AvgIpc) is 2.83. The van der Waals surface area contributed by atoms with Crippen LogP contribution in [0.3, 0.4) is 0 Å². The largest absolute Gasteiger partial charge is 0.444 e. The monoisotopic (exact) mass is 335 g/mol. The number of nitrogens with zero attached hydrogens (tertiary/aromatic N) is 1. The number of carbonyl (C=O) groups excluding carboxylic acids is 2. The predicted octanol–water partition coefficient (Wildman–Crippen LogP) is 1.73. The Bertz CT molecular complexity index is 703. The SMILES string of the molecule is Cc1cc(C)c(C(=O)N[C@@H]2CCN(C(=O)OC(C)(C)C)C2)c(=O)[nH]1. The van der Waals surface area contributed by atoms with E-state index in [-0.39, 0.29) is 17.7 Å². The third-order valence-corrected chi connectivity index (χ3v) is 3.77. The summed E-state index contributed by atoms with van der Waals surface area (Å²) in [6.45, 7) is 9.84. The Hall–Kier alpha value is -2.31. The van der Waals surface area contributed by atoms with Gasteiger partial charge in [0.15, 0.2) is 0 Å². The molecule has 7 nitrogen and oxygen atoms in total. The molecular weight excluding hydrogens is 310 g/mol. The van der Waals surface area contributed by atoms with E-state index < -0.39 is 17.1 Å². The topological polar surface area (TPSA) is 91.5 Å². The number of likely N-dealkylation sites (tertiary alicyclic amines) is 1. The Morgan fingerprint density at radius 2 is 2.00 bits per heavy atom. The summed E-state index contributed by atoms with van der Waals surface area (Å²) in [6, 6.07) is 1.57. The van der Waals surface area contributed by atoms with Crippen molar-refractivity contribution in [2.75, 3.05) is 13.1 Å². The van der Waals surface area contributed by atoms with Gasteiger partial charge in [0.1, 0.15) is 11.2 Å². The molecule has 1 aliphatic heterocycles. The quantitative estimate of drug-likeness (QED) is 0.861. The van der Waals surface area contributed by atoms with Crippen molar-refractivity contribution in [3.63, 3.8) is 0 Å². The lowest BCUT2D eigenvalue weighted by Crippen LogP contribution is -2.41. The molecule has 24 heavy (non-hydrogen) atoms. The number of hydrogen-bond acceptors (Lipinski definition) is 4. The van der Waals surface area contributed by atoms with Crippen molar-refractivity contribution in [1.29, 1.82) is 0 Å². The molecule has 1 aromatic heterocycles. The van der Waals surface area contributed by atoms with Gasteiger partial charge in [-0.25, -0.2) is 4.79 Å². The van der Waals surface area contributed by atoms with Gasteiger partial charge in [-0.2, -0.15) is 0 Å². The Balaban J connectivity index is 2.00. The zero-order valence-corrected chi connectivity index (χ0v) is 14.9. The van der Waals surface area contributed by atoms with Gasteiger partial charge in [0.2, 0.25) is 0 Å². The molecule has 1 atom stereocenters. The van der Waals surface area contributed by atoms with Crippen LogP contribution < -0.4 is 10.9 Å². The second-order valence-electron chi connectivity index (χ2n) is 7.22. The van der Waals surface area contributed by atoms with Crippen molar-refractivity contribution in [3.05, 3.63) is 33.2 Å². The second kappa shape index (κ2) is 6.67. The van der Waals surface area contributed by atoms with E-state index in [2.05, 4.69) is 10.3 Å². The molecule has 0 aliphatic carbocycles. The zero-order chi connectivity index (χ0) is 18.1. The van der Waals surface area contributed by atoms with E-state index in [1.54, 1.807) is 24.8 Å². The zero-order valence-electron chi connectivity index (χ0n) is 14.9. The van der Waals surface area contributed by atoms with E-state index in [9.17, 15) is 14.4 Å². The number of aromatic nitrogens is 1. The number of aryl methyl sites for hydroxylation is 2. The highest BCUT2D eigenvalue weighted by Crippen LogP contribution is 2.16. The van der Waals surface area contributed by atoms with Crippen LogP contribution in [-0.2, 0) is 4.74 Å². The molecule has 7 heteroatoms. The maximum atomic E-state index is 12.4. The normalized spacial score (nSPS) is 17.7. The highest BCUT2D eigenvalue weighted by atomic mass is 16.6. The summed E-state index contributed by atoms with van der Waals surface area (Å²) in [4.78, 5) is 40.7. The van der Waals surface area contributed by atoms with E-state index in [0.717, 1.165) is 0 Å². The maximum Gasteiger partial charge on any atom is 0.410 e. The number of hydrogen-bond donors (Lipinski definition) is 2. The summed E-state index contributed by atoms with van der Waals surface area (Å²) < 4.78 is 5.33. The molecule has 0 bridgehead atoms. The number of aromatic amines is 1. The molecular formula is C17H25N3O4. The lowest BCUT2D eigenvalue weighted by atomic mass is 10.1. The maximum absolute atomic E-state index is 12.4. The van der Waals surface area contributed by atoms with Gasteiger partial charge in [0.25, 0.3) is 11.5 Å². The van der Waals surface area contributed by atoms with Gasteiger partial charge in [-0.05, 0) is 52.7 Å². The van der Waals surface area contributed by atoms with E-state index in [1.807, 2.05) is 20.8 Å². The summed E-state index contributed by atoms with van der Waals surface area (Å²) in [5.41, 5.74) is 0.523. The van der Waals surface area contributed by atoms with Gasteiger partial charge in [0, 0.05) is 24.8 Å². The second-order valence-corrected chi connectivity index (χ2v) is 7.22. The molecule has 2 N–H and O–H groups in total. The lowest BCUT2D eigenvalue weighted by Gasteiger charge is -2.24. The Kier molecular flexibility index (Phi) is 5.01. The summed E-state index contributed by atoms with van der Waals surface area (Å²) in [7, 11) is 0. The fourth-order valence-corrected chi connectivity index (χ4v) is 2.76. The van der Waals surface area contributed by atoms with Crippen molar-refractivity contribution in [2.24, 2.45) is 0 Å². The molecule has 0 unspecified atom stereocenters. The van der Waals surface area contributed by atoms with Crippen molar-refractivity contribution < 1.29 is 14.3 Å². The third-order valence-electron chi connectivity index (χ3n) is 3.77. The van der Waals surface area contributed by atoms with E-state index in [1.165, 1.54) is 0 Å². The lowest BCUT2D eigenvalue weighted by molar-refractivity contribution is 0.0290. The molecule has 2 heterocycles. The summed E-state index contributed by atoms with van der Waals surface area (Å²) >= 11 is 0. The van der Waals surface area contributed by atoms with Gasteiger partial charge in [-0.1, -0.05) is 0 Å². The van der Waals surface area contributed by atoms with Crippen LogP contribution in [0.25, 0.3) is 0 Å². The fourth-order valence-electron chi connectivity index (χ4n) is 2.76. The summed E-state index contributed by atoms with van der Waals surface area (Å²) in [5, 5.41) is 2.84. The number of rotatable bonds is 2. The first-order valence-electron chi connectivity index (χ1n) is 8.06. The average molecular weight is 335 g/mol. The van der Waals surface area contributed by atoms with Gasteiger partial charge in [-0.3, -0.25) is 9.59 Å². The fraction of sp³-hybridized carbons (Fsp3) is 0.588. The van der Waals surface area contributed by atoms with Gasteiger partial charge in [0.05, 0.1) is 0 Å². The minimum absolute atomic E-state index is 0.122. The molecule has 1 saturated heterocycles. The van der Waals surface area contributed by atoms with Crippen LogP contribution in [-0.4, -0.2) is 46.6 Å². The van der Waals surface area contributed by atoms with Crippen LogP contribution in [0.5, 0.6) is 0 Å². The van der Waals surface area contributed by atoms with E-state index in [4.69, 9.17) is 4.74 Å². The number of carbonyl (C=O) groups is 2. The van der Waals surface area contributed by atoms with E-state index in [0.29, 0.717) is 30.8 Å². The standard InChI is InChI=1S/C17H25N3O4/c1-10-8-11(2)18-14(21)13(10)15(22)19-12-6-7-20(9-12)16(23)24-17(3,4)5/h8,12H,6-7,9H2,1-5H3,(H,18,21)(H,19,22)/t12-/m1/s1. The van der Waals surface area contributed by atoms with Crippen molar-refractivity contribution in [2.45, 2.75) is 52.7 Å². The highest BCUT2D eigenvalue weighted by Gasteiger charge is 2.31. The first kappa shape index (κ1) is 18.0. The predicted molar refractivity (Wildman–Crippen MR) is 90.2 cm³/mol. The van der Waals surface area contributed by atoms with E-state index >= 15 is 0 Å². The molecule has 1 aliphatic rings. The van der Waals surface area contributed by atoms with Crippen LogP contribution in [0.15, 0.2) is 10.9 Å². The van der Waals surface area contributed by atoms with Gasteiger partial charge in [-0.15, -0.1) is 0 Å². The number of H-pyrrole nitrogens is 1. The summed E-state index contributed by atoms with van der Waals surface area (Å²) in [6.07, 6.45) is 0.247. The molecule has 1 fully saturated rings. The Morgan fingerprint density at radius 1 is 1.33 bits per heavy atom. The number of nitrogens with one attached hydrogen (secondary N) is 2. The molecule has 0 radical (unpaired) electrons. The van der Waals surface area contributed by atoms with Crippen LogP contribution in [0, 0.1) is 13.8 Å². The van der Waals surface area contributed by atoms with Gasteiger partial charge >= 0.3 is 6.09 Å². The molecule has 2 amide bonds. The minimum atomic E-state index is -0.551. The molecule has 1 aromatic rings. The molecule has 2 rings (SSSR count). The number of pyridine rings is 1. The smallest absolute Gasteiger partial charge is 0.410 e. The van der Waals surface area contributed by atoms with Crippen LogP contribution in [0.4, 0.5) is 4.79 Å². The molecule has 0 saturated carbocycles. The van der Waals surface area contributed by atoms with Crippen molar-refractivity contribution >= 4 is 12.0 Å². The first-order chi connectivity index (χ1) is 11.1. The minimum Gasteiger partial charge on any atom is -0.444 e. The van der Waals surface area contributed by atoms with Crippen LogP contribution >= 0.6 is 0 Å².